The fourth-order valence-electron chi connectivity index (χ4n) is 3.78. The summed E-state index contributed by atoms with van der Waals surface area (Å²) in [5.41, 5.74) is 2.85. The number of piperazine rings is 1. The summed E-state index contributed by atoms with van der Waals surface area (Å²) in [6.45, 7) is 3.94. The highest BCUT2D eigenvalue weighted by Crippen LogP contribution is 2.38. The van der Waals surface area contributed by atoms with E-state index in [-0.39, 0.29) is 29.4 Å². The Bertz CT molecular complexity index is 1120. The Kier molecular flexibility index (Phi) is 8.96. The quantitative estimate of drug-likeness (QED) is 0.468. The van der Waals surface area contributed by atoms with Gasteiger partial charge in [0.15, 0.2) is 5.13 Å². The highest BCUT2D eigenvalue weighted by Gasteiger charge is 2.25. The van der Waals surface area contributed by atoms with Gasteiger partial charge in [0.1, 0.15) is 0 Å². The smallest absolute Gasteiger partial charge is 0.409 e. The fraction of sp³-hybridized carbons (Fsp3) is 0.308. The van der Waals surface area contributed by atoms with Crippen molar-refractivity contribution in [2.24, 2.45) is 0 Å². The van der Waals surface area contributed by atoms with Gasteiger partial charge in [-0.05, 0) is 12.5 Å². The van der Waals surface area contributed by atoms with Crippen molar-refractivity contribution in [2.45, 2.75) is 6.92 Å². The number of carbonyl (C=O) groups excluding carboxylic acids is 3. The Labute approximate surface area is 218 Å². The predicted molar refractivity (Wildman–Crippen MR) is 144 cm³/mol. The van der Waals surface area contributed by atoms with Gasteiger partial charge in [0.2, 0.25) is 11.8 Å². The molecule has 2 heterocycles. The van der Waals surface area contributed by atoms with Crippen molar-refractivity contribution >= 4 is 46.1 Å². The minimum absolute atomic E-state index is 0.0386. The van der Waals surface area contributed by atoms with Crippen LogP contribution in [0, 0.1) is 0 Å². The number of hydrogen-bond donors (Lipinski definition) is 1. The molecule has 10 heteroatoms. The van der Waals surface area contributed by atoms with Crippen LogP contribution in [0.5, 0.6) is 0 Å². The largest absolute Gasteiger partial charge is 0.450 e. The molecule has 188 valence electrons. The maximum absolute atomic E-state index is 12.6. The van der Waals surface area contributed by atoms with Crippen molar-refractivity contribution in [2.75, 3.05) is 49.6 Å². The molecule has 1 fully saturated rings. The van der Waals surface area contributed by atoms with Crippen molar-refractivity contribution in [3.8, 4) is 21.7 Å². The summed E-state index contributed by atoms with van der Waals surface area (Å²) in [5.74, 6) is 0.112. The van der Waals surface area contributed by atoms with E-state index in [2.05, 4.69) is 5.32 Å². The van der Waals surface area contributed by atoms with Crippen LogP contribution in [-0.4, -0.2) is 77.0 Å². The van der Waals surface area contributed by atoms with Gasteiger partial charge >= 0.3 is 6.09 Å². The van der Waals surface area contributed by atoms with Gasteiger partial charge in [0.25, 0.3) is 0 Å². The number of amides is 3. The average molecular weight is 525 g/mol. The molecule has 0 unspecified atom stereocenters. The lowest BCUT2D eigenvalue weighted by molar-refractivity contribution is -0.129. The summed E-state index contributed by atoms with van der Waals surface area (Å²) in [7, 11) is 0. The SMILES string of the molecule is CCOC(=O)N1CCN(C(=O)CSCC(=O)Nc2nc(-c3ccccc3)c(-c3ccccc3)s2)CC1. The zero-order valence-electron chi connectivity index (χ0n) is 20.0. The number of rotatable bonds is 8. The number of thioether (sulfide) groups is 1. The molecule has 2 aromatic carbocycles. The first-order valence-corrected chi connectivity index (χ1v) is 13.7. The molecular weight excluding hydrogens is 496 g/mol. The molecule has 0 aliphatic carbocycles. The molecule has 0 atom stereocenters. The normalized spacial score (nSPS) is 13.4. The third-order valence-corrected chi connectivity index (χ3v) is 7.51. The van der Waals surface area contributed by atoms with E-state index in [9.17, 15) is 14.4 Å². The number of carbonyl (C=O) groups is 3. The van der Waals surface area contributed by atoms with E-state index in [0.717, 1.165) is 21.7 Å². The predicted octanol–water partition coefficient (Wildman–Crippen LogP) is 4.45. The van der Waals surface area contributed by atoms with Gasteiger partial charge in [0, 0.05) is 31.7 Å². The molecule has 36 heavy (non-hydrogen) atoms. The van der Waals surface area contributed by atoms with Gasteiger partial charge in [-0.2, -0.15) is 0 Å². The van der Waals surface area contributed by atoms with E-state index in [4.69, 9.17) is 9.72 Å². The van der Waals surface area contributed by atoms with Crippen LogP contribution in [-0.2, 0) is 14.3 Å². The van der Waals surface area contributed by atoms with E-state index in [1.165, 1.54) is 23.1 Å². The van der Waals surface area contributed by atoms with Crippen molar-refractivity contribution in [1.29, 1.82) is 0 Å². The maximum Gasteiger partial charge on any atom is 0.409 e. The maximum atomic E-state index is 12.6. The van der Waals surface area contributed by atoms with Crippen LogP contribution >= 0.6 is 23.1 Å². The first kappa shape index (κ1) is 25.7. The van der Waals surface area contributed by atoms with E-state index in [1.54, 1.807) is 16.7 Å². The van der Waals surface area contributed by atoms with Gasteiger partial charge in [-0.25, -0.2) is 9.78 Å². The molecule has 0 saturated carbocycles. The Morgan fingerprint density at radius 2 is 1.53 bits per heavy atom. The van der Waals surface area contributed by atoms with Gasteiger partial charge < -0.3 is 19.9 Å². The van der Waals surface area contributed by atoms with E-state index < -0.39 is 0 Å². The summed E-state index contributed by atoms with van der Waals surface area (Å²) in [4.78, 5) is 46.0. The van der Waals surface area contributed by atoms with Crippen LogP contribution in [0.3, 0.4) is 0 Å². The molecule has 1 aromatic heterocycles. The summed E-state index contributed by atoms with van der Waals surface area (Å²) < 4.78 is 5.01. The second-order valence-corrected chi connectivity index (χ2v) is 10.0. The number of ether oxygens (including phenoxy) is 1. The highest BCUT2D eigenvalue weighted by molar-refractivity contribution is 8.00. The Morgan fingerprint density at radius 1 is 0.917 bits per heavy atom. The Hall–Kier alpha value is -3.37. The number of nitrogens with zero attached hydrogens (tertiary/aromatic N) is 3. The molecule has 8 nitrogen and oxygen atoms in total. The first-order valence-electron chi connectivity index (χ1n) is 11.7. The monoisotopic (exact) mass is 524 g/mol. The van der Waals surface area contributed by atoms with Crippen LogP contribution < -0.4 is 5.32 Å². The molecule has 0 spiro atoms. The van der Waals surface area contributed by atoms with Crippen LogP contribution in [0.1, 0.15) is 6.92 Å². The Morgan fingerprint density at radius 3 is 2.17 bits per heavy atom. The zero-order valence-corrected chi connectivity index (χ0v) is 21.6. The van der Waals surface area contributed by atoms with Crippen LogP contribution in [0.15, 0.2) is 60.7 Å². The molecule has 1 aliphatic rings. The summed E-state index contributed by atoms with van der Waals surface area (Å²) in [5, 5.41) is 3.42. The van der Waals surface area contributed by atoms with E-state index in [0.29, 0.717) is 37.9 Å². The minimum Gasteiger partial charge on any atom is -0.450 e. The Balaban J connectivity index is 1.30. The van der Waals surface area contributed by atoms with Crippen molar-refractivity contribution in [3.63, 3.8) is 0 Å². The van der Waals surface area contributed by atoms with E-state index >= 15 is 0 Å². The molecular formula is C26H28N4O4S2. The van der Waals surface area contributed by atoms with Crippen LogP contribution in [0.25, 0.3) is 21.7 Å². The van der Waals surface area contributed by atoms with Crippen molar-refractivity contribution in [3.05, 3.63) is 60.7 Å². The summed E-state index contributed by atoms with van der Waals surface area (Å²) in [6, 6.07) is 19.9. The second-order valence-electron chi connectivity index (χ2n) is 8.04. The van der Waals surface area contributed by atoms with Gasteiger partial charge in [-0.1, -0.05) is 72.0 Å². The molecule has 1 N–H and O–H groups in total. The van der Waals surface area contributed by atoms with Gasteiger partial charge in [-0.15, -0.1) is 11.8 Å². The zero-order chi connectivity index (χ0) is 25.3. The molecule has 1 saturated heterocycles. The molecule has 4 rings (SSSR count). The highest BCUT2D eigenvalue weighted by atomic mass is 32.2. The molecule has 3 amide bonds. The number of hydrogen-bond acceptors (Lipinski definition) is 7. The number of aromatic nitrogens is 1. The fourth-order valence-corrected chi connectivity index (χ4v) is 5.51. The van der Waals surface area contributed by atoms with Gasteiger partial charge in [-0.3, -0.25) is 9.59 Å². The molecule has 3 aromatic rings. The van der Waals surface area contributed by atoms with Crippen LogP contribution in [0.4, 0.5) is 9.93 Å². The third kappa shape index (κ3) is 6.64. The molecule has 0 radical (unpaired) electrons. The lowest BCUT2D eigenvalue weighted by Gasteiger charge is -2.34. The molecule has 1 aliphatic heterocycles. The van der Waals surface area contributed by atoms with Crippen molar-refractivity contribution in [1.82, 2.24) is 14.8 Å². The first-order chi connectivity index (χ1) is 17.5. The topological polar surface area (TPSA) is 91.8 Å². The van der Waals surface area contributed by atoms with Crippen molar-refractivity contribution < 1.29 is 19.1 Å². The minimum atomic E-state index is -0.344. The van der Waals surface area contributed by atoms with Gasteiger partial charge in [0.05, 0.1) is 28.7 Å². The lowest BCUT2D eigenvalue weighted by atomic mass is 10.1. The number of thiazole rings is 1. The number of nitrogens with one attached hydrogen (secondary N) is 1. The lowest BCUT2D eigenvalue weighted by Crippen LogP contribution is -2.51. The molecule has 0 bridgehead atoms. The second kappa shape index (κ2) is 12.5. The number of benzene rings is 2. The summed E-state index contributed by atoms with van der Waals surface area (Å²) in [6.07, 6.45) is -0.344. The third-order valence-electron chi connectivity index (χ3n) is 5.57. The van der Waals surface area contributed by atoms with E-state index in [1.807, 2.05) is 60.7 Å². The standard InChI is InChI=1S/C26H28N4O4S2/c1-2-34-26(33)30-15-13-29(14-16-30)22(32)18-35-17-21(31)27-25-28-23(19-9-5-3-6-10-19)24(36-25)20-11-7-4-8-12-20/h3-12H,2,13-18H2,1H3,(H,27,28,31). The summed E-state index contributed by atoms with van der Waals surface area (Å²) >= 11 is 2.70. The number of anilines is 1. The average Bonchev–Trinajstić information content (AvgIpc) is 3.33. The van der Waals surface area contributed by atoms with Crippen LogP contribution in [0.2, 0.25) is 0 Å².